The summed E-state index contributed by atoms with van der Waals surface area (Å²) < 4.78 is 0. The van der Waals surface area contributed by atoms with Gasteiger partial charge in [-0.05, 0) is 31.5 Å². The van der Waals surface area contributed by atoms with E-state index in [9.17, 15) is 14.4 Å². The molecule has 2 heterocycles. The molecule has 1 aromatic carbocycles. The summed E-state index contributed by atoms with van der Waals surface area (Å²) in [5.41, 5.74) is 0.873. The molecule has 1 unspecified atom stereocenters. The lowest BCUT2D eigenvalue weighted by molar-refractivity contribution is -0.122. The molecule has 0 saturated carbocycles. The van der Waals surface area contributed by atoms with E-state index in [1.807, 2.05) is 0 Å². The number of hydrogen-bond acceptors (Lipinski definition) is 4. The highest BCUT2D eigenvalue weighted by Gasteiger charge is 2.34. The van der Waals surface area contributed by atoms with Crippen LogP contribution in [0.4, 0.5) is 0 Å². The van der Waals surface area contributed by atoms with E-state index in [1.165, 1.54) is 4.90 Å². The summed E-state index contributed by atoms with van der Waals surface area (Å²) in [7, 11) is 0. The van der Waals surface area contributed by atoms with Crippen molar-refractivity contribution in [1.29, 1.82) is 0 Å². The predicted molar refractivity (Wildman–Crippen MR) is 83.1 cm³/mol. The Labute approximate surface area is 134 Å². The molecule has 2 aliphatic heterocycles. The summed E-state index contributed by atoms with van der Waals surface area (Å²) in [5.74, 6) is -0.642. The highest BCUT2D eigenvalue weighted by atomic mass is 35.5. The van der Waals surface area contributed by atoms with Crippen molar-refractivity contribution in [2.24, 2.45) is 0 Å². The van der Waals surface area contributed by atoms with Gasteiger partial charge in [-0.2, -0.15) is 0 Å². The zero-order valence-electron chi connectivity index (χ0n) is 12.0. The van der Waals surface area contributed by atoms with Gasteiger partial charge in [-0.15, -0.1) is 12.4 Å². The Bertz CT molecular complexity index is 564. The maximum absolute atomic E-state index is 12.1. The Balaban J connectivity index is 0.00000176. The molecule has 2 N–H and O–H groups in total. The Morgan fingerprint density at radius 1 is 1.23 bits per heavy atom. The number of amides is 3. The number of halogens is 1. The van der Waals surface area contributed by atoms with Gasteiger partial charge in [0.25, 0.3) is 11.8 Å². The molecule has 118 valence electrons. The van der Waals surface area contributed by atoms with E-state index in [-0.39, 0.29) is 49.3 Å². The van der Waals surface area contributed by atoms with Gasteiger partial charge in [0, 0.05) is 13.1 Å². The van der Waals surface area contributed by atoms with Crippen LogP contribution in [0.3, 0.4) is 0 Å². The van der Waals surface area contributed by atoms with Gasteiger partial charge in [0.2, 0.25) is 5.91 Å². The van der Waals surface area contributed by atoms with Gasteiger partial charge in [-0.1, -0.05) is 12.1 Å². The number of benzene rings is 1. The molecule has 7 heteroatoms. The van der Waals surface area contributed by atoms with Crippen LogP contribution in [0.15, 0.2) is 24.3 Å². The van der Waals surface area contributed by atoms with Gasteiger partial charge >= 0.3 is 0 Å². The Morgan fingerprint density at radius 2 is 1.86 bits per heavy atom. The van der Waals surface area contributed by atoms with Crippen molar-refractivity contribution in [2.75, 3.05) is 19.6 Å². The number of carbonyl (C=O) groups excluding carboxylic acids is 3. The first-order chi connectivity index (χ1) is 10.2. The fourth-order valence-corrected chi connectivity index (χ4v) is 2.76. The Hall–Kier alpha value is -1.92. The fraction of sp³-hybridized carbons (Fsp3) is 0.400. The van der Waals surface area contributed by atoms with Gasteiger partial charge in [-0.25, -0.2) is 0 Å². The number of imide groups is 1. The molecule has 22 heavy (non-hydrogen) atoms. The molecule has 1 atom stereocenters. The highest BCUT2D eigenvalue weighted by molar-refractivity contribution is 6.21. The van der Waals surface area contributed by atoms with Crippen molar-refractivity contribution in [3.63, 3.8) is 0 Å². The zero-order valence-corrected chi connectivity index (χ0v) is 12.8. The second-order valence-electron chi connectivity index (χ2n) is 5.25. The second kappa shape index (κ2) is 6.89. The molecule has 3 rings (SSSR count). The van der Waals surface area contributed by atoms with Crippen molar-refractivity contribution in [2.45, 2.75) is 18.9 Å². The largest absolute Gasteiger partial charge is 0.353 e. The molecule has 1 fully saturated rings. The van der Waals surface area contributed by atoms with Gasteiger partial charge < -0.3 is 10.6 Å². The van der Waals surface area contributed by atoms with Crippen LogP contribution in [-0.4, -0.2) is 48.3 Å². The maximum Gasteiger partial charge on any atom is 0.261 e. The Kier molecular flexibility index (Phi) is 5.15. The minimum atomic E-state index is -0.288. The molecular formula is C15H18ClN3O3. The molecule has 0 radical (unpaired) electrons. The number of nitrogens with one attached hydrogen (secondary N) is 2. The maximum atomic E-state index is 12.1. The van der Waals surface area contributed by atoms with Crippen LogP contribution >= 0.6 is 12.4 Å². The third-order valence-corrected chi connectivity index (χ3v) is 3.89. The van der Waals surface area contributed by atoms with Gasteiger partial charge in [0.05, 0.1) is 17.2 Å². The molecule has 0 spiro atoms. The lowest BCUT2D eigenvalue weighted by Gasteiger charge is -2.16. The van der Waals surface area contributed by atoms with E-state index in [0.29, 0.717) is 11.1 Å². The standard InChI is InChI=1S/C15H17N3O3.ClH/c19-13(12-6-3-7-16-12)17-8-9-18-14(20)10-4-1-2-5-11(10)15(18)21;/h1-2,4-5,12,16H,3,6-9H2,(H,17,19);1H. The summed E-state index contributed by atoms with van der Waals surface area (Å²) in [6, 6.07) is 6.63. The van der Waals surface area contributed by atoms with Crippen LogP contribution in [0.5, 0.6) is 0 Å². The average molecular weight is 324 g/mol. The highest BCUT2D eigenvalue weighted by Crippen LogP contribution is 2.21. The molecule has 1 saturated heterocycles. The fourth-order valence-electron chi connectivity index (χ4n) is 2.76. The summed E-state index contributed by atoms with van der Waals surface area (Å²) in [4.78, 5) is 37.3. The van der Waals surface area contributed by atoms with Gasteiger partial charge in [0.1, 0.15) is 0 Å². The van der Waals surface area contributed by atoms with Crippen LogP contribution < -0.4 is 10.6 Å². The third kappa shape index (κ3) is 2.98. The monoisotopic (exact) mass is 323 g/mol. The molecule has 1 aromatic rings. The van der Waals surface area contributed by atoms with E-state index < -0.39 is 0 Å². The quantitative estimate of drug-likeness (QED) is 0.794. The summed E-state index contributed by atoms with van der Waals surface area (Å²) >= 11 is 0. The summed E-state index contributed by atoms with van der Waals surface area (Å²) in [6.45, 7) is 1.34. The van der Waals surface area contributed by atoms with Crippen molar-refractivity contribution < 1.29 is 14.4 Å². The SMILES string of the molecule is Cl.O=C(NCCN1C(=O)c2ccccc2C1=O)C1CCCN1. The van der Waals surface area contributed by atoms with Gasteiger partial charge in [0.15, 0.2) is 0 Å². The molecule has 3 amide bonds. The van der Waals surface area contributed by atoms with E-state index >= 15 is 0 Å². The predicted octanol–water partition coefficient (Wildman–Crippen LogP) is 0.573. The molecule has 0 aliphatic carbocycles. The second-order valence-corrected chi connectivity index (χ2v) is 5.25. The van der Waals surface area contributed by atoms with Crippen molar-refractivity contribution in [3.8, 4) is 0 Å². The van der Waals surface area contributed by atoms with Crippen LogP contribution in [0, 0.1) is 0 Å². The lowest BCUT2D eigenvalue weighted by atomic mass is 10.1. The van der Waals surface area contributed by atoms with E-state index in [0.717, 1.165) is 19.4 Å². The summed E-state index contributed by atoms with van der Waals surface area (Å²) in [5, 5.41) is 5.88. The first-order valence-corrected chi connectivity index (χ1v) is 7.15. The number of hydrogen-bond donors (Lipinski definition) is 2. The number of rotatable bonds is 4. The smallest absolute Gasteiger partial charge is 0.261 e. The number of carbonyl (C=O) groups is 3. The van der Waals surface area contributed by atoms with Crippen molar-refractivity contribution in [3.05, 3.63) is 35.4 Å². The average Bonchev–Trinajstić information content (AvgIpc) is 3.11. The normalized spacial score (nSPS) is 19.8. The third-order valence-electron chi connectivity index (χ3n) is 3.89. The van der Waals surface area contributed by atoms with Crippen LogP contribution in [0.1, 0.15) is 33.6 Å². The molecule has 0 aromatic heterocycles. The van der Waals surface area contributed by atoms with Crippen molar-refractivity contribution in [1.82, 2.24) is 15.5 Å². The van der Waals surface area contributed by atoms with E-state index in [4.69, 9.17) is 0 Å². The topological polar surface area (TPSA) is 78.5 Å². The minimum Gasteiger partial charge on any atom is -0.353 e. The number of fused-ring (bicyclic) bond motifs is 1. The molecule has 0 bridgehead atoms. The van der Waals surface area contributed by atoms with Gasteiger partial charge in [-0.3, -0.25) is 19.3 Å². The van der Waals surface area contributed by atoms with Crippen LogP contribution in [-0.2, 0) is 4.79 Å². The van der Waals surface area contributed by atoms with Crippen molar-refractivity contribution >= 4 is 30.1 Å². The summed E-state index contributed by atoms with van der Waals surface area (Å²) in [6.07, 6.45) is 1.83. The first-order valence-electron chi connectivity index (χ1n) is 7.15. The minimum absolute atomic E-state index is 0. The molecule has 6 nitrogen and oxygen atoms in total. The van der Waals surface area contributed by atoms with Crippen LogP contribution in [0.25, 0.3) is 0 Å². The van der Waals surface area contributed by atoms with E-state index in [2.05, 4.69) is 10.6 Å². The Morgan fingerprint density at radius 3 is 2.41 bits per heavy atom. The molecular weight excluding hydrogens is 306 g/mol. The lowest BCUT2D eigenvalue weighted by Crippen LogP contribution is -2.44. The molecule has 2 aliphatic rings. The van der Waals surface area contributed by atoms with Crippen LogP contribution in [0.2, 0.25) is 0 Å². The first kappa shape index (κ1) is 16.5. The number of nitrogens with zero attached hydrogens (tertiary/aromatic N) is 1. The zero-order chi connectivity index (χ0) is 14.8. The van der Waals surface area contributed by atoms with E-state index in [1.54, 1.807) is 24.3 Å².